The predicted octanol–water partition coefficient (Wildman–Crippen LogP) is 5.99. The molecule has 1 aliphatic carbocycles. The average molecular weight is 475 g/mol. The Morgan fingerprint density at radius 2 is 1.90 bits per heavy atom. The van der Waals surface area contributed by atoms with Gasteiger partial charge in [0.1, 0.15) is 5.44 Å². The molecule has 0 aromatic carbocycles. The Morgan fingerprint density at radius 1 is 1.13 bits per heavy atom. The summed E-state index contributed by atoms with van der Waals surface area (Å²) in [4.78, 5) is 24.0. The number of hydrogen-bond donors (Lipinski definition) is 0. The zero-order chi connectivity index (χ0) is 22.4. The van der Waals surface area contributed by atoms with Gasteiger partial charge in [-0.05, 0) is 67.9 Å². The minimum atomic E-state index is -0.730. The van der Waals surface area contributed by atoms with Gasteiger partial charge in [-0.25, -0.2) is 14.6 Å². The van der Waals surface area contributed by atoms with Crippen molar-refractivity contribution in [3.8, 4) is 0 Å². The van der Waals surface area contributed by atoms with E-state index in [9.17, 15) is 4.79 Å². The molecule has 4 saturated heterocycles. The zero-order valence-corrected chi connectivity index (χ0v) is 21.3. The molecule has 0 unspecified atom stereocenters. The first-order valence-corrected chi connectivity index (χ1v) is 13.6. The Hall–Kier alpha value is 0.01000. The molecule has 4 heterocycles. The third-order valence-corrected chi connectivity index (χ3v) is 9.57. The van der Waals surface area contributed by atoms with Crippen molar-refractivity contribution in [1.82, 2.24) is 0 Å². The number of hydrogen-bond acceptors (Lipinski definition) is 8. The van der Waals surface area contributed by atoms with Gasteiger partial charge in [0.05, 0.1) is 6.61 Å². The maximum Gasteiger partial charge on any atom is 0.367 e. The Bertz CT molecular complexity index is 669. The third-order valence-electron chi connectivity index (χ3n) is 7.28. The lowest BCUT2D eigenvalue weighted by Crippen LogP contribution is -2.70. The lowest BCUT2D eigenvalue weighted by molar-refractivity contribution is -0.568. The first-order chi connectivity index (χ1) is 14.5. The van der Waals surface area contributed by atoms with Crippen LogP contribution in [-0.2, 0) is 24.0 Å². The first-order valence-electron chi connectivity index (χ1n) is 11.7. The van der Waals surface area contributed by atoms with Crippen LogP contribution < -0.4 is 0 Å². The summed E-state index contributed by atoms with van der Waals surface area (Å²) < 4.78 is 18.2. The molecule has 0 amide bonds. The molecule has 0 aromatic heterocycles. The van der Waals surface area contributed by atoms with Crippen LogP contribution in [0.25, 0.3) is 0 Å². The highest BCUT2D eigenvalue weighted by Gasteiger charge is 2.69. The van der Waals surface area contributed by atoms with Crippen LogP contribution in [0.2, 0.25) is 0 Å². The lowest BCUT2D eigenvalue weighted by Gasteiger charge is -2.60. The predicted molar refractivity (Wildman–Crippen MR) is 123 cm³/mol. The summed E-state index contributed by atoms with van der Waals surface area (Å²) in [6.07, 6.45) is 4.64. The van der Waals surface area contributed by atoms with Gasteiger partial charge in [-0.15, -0.1) is 11.8 Å². The fraction of sp³-hybridized carbons (Fsp3) is 0.957. The van der Waals surface area contributed by atoms with Crippen LogP contribution in [0.15, 0.2) is 0 Å². The molecule has 5 aliphatic rings. The van der Waals surface area contributed by atoms with Crippen molar-refractivity contribution < 1.29 is 28.8 Å². The first kappa shape index (κ1) is 24.1. The standard InChI is InChI=1S/C23H38O6S2/c1-14-8-9-17-15(2)18(30-13-7-12-25-20(24)31-21(3,4)5)26-19-23(17)16(14)10-11-22(6,27-19)28-29-23/h14-19H,7-13H2,1-6H3/t14-,15-,16+,17+,18+,19-,22+,23-/m1/s1. The average Bonchev–Trinajstić information content (AvgIpc) is 2.90. The van der Waals surface area contributed by atoms with Gasteiger partial charge in [0.15, 0.2) is 11.9 Å². The van der Waals surface area contributed by atoms with Crippen molar-refractivity contribution in [3.05, 3.63) is 0 Å². The molecule has 5 rings (SSSR count). The molecule has 0 radical (unpaired) electrons. The molecule has 1 saturated carbocycles. The molecular formula is C23H38O6S2. The van der Waals surface area contributed by atoms with Crippen LogP contribution in [0.4, 0.5) is 4.79 Å². The van der Waals surface area contributed by atoms with E-state index < -0.39 is 11.4 Å². The number of fused-ring (bicyclic) bond motifs is 2. The SMILES string of the molecule is C[C@H]1[C@H](SCCCOC(=O)SC(C)(C)C)O[C@@H]2O[C@]3(C)CC[C@H]4[C@H](C)CC[C@@H]1[C@@]24OO3. The summed E-state index contributed by atoms with van der Waals surface area (Å²) in [6.45, 7) is 13.1. The zero-order valence-electron chi connectivity index (χ0n) is 19.7. The van der Waals surface area contributed by atoms with Crippen molar-refractivity contribution in [2.24, 2.45) is 23.7 Å². The Kier molecular flexibility index (Phi) is 7.00. The molecule has 5 fully saturated rings. The smallest absolute Gasteiger partial charge is 0.367 e. The van der Waals surface area contributed by atoms with Crippen LogP contribution in [0, 0.1) is 23.7 Å². The minimum Gasteiger partial charge on any atom is -0.458 e. The van der Waals surface area contributed by atoms with Gasteiger partial charge in [-0.3, -0.25) is 0 Å². The molecule has 0 aromatic rings. The third kappa shape index (κ3) is 4.80. The quantitative estimate of drug-likeness (QED) is 0.274. The Labute approximate surface area is 195 Å². The van der Waals surface area contributed by atoms with Crippen molar-refractivity contribution >= 4 is 28.8 Å². The van der Waals surface area contributed by atoms with E-state index in [0.717, 1.165) is 31.4 Å². The van der Waals surface area contributed by atoms with Gasteiger partial charge >= 0.3 is 5.30 Å². The van der Waals surface area contributed by atoms with E-state index in [0.29, 0.717) is 30.3 Å². The molecule has 8 heteroatoms. The maximum atomic E-state index is 11.9. The maximum absolute atomic E-state index is 11.9. The highest BCUT2D eigenvalue weighted by molar-refractivity contribution is 8.14. The van der Waals surface area contributed by atoms with Crippen LogP contribution in [-0.4, -0.2) is 45.5 Å². The van der Waals surface area contributed by atoms with E-state index in [4.69, 9.17) is 24.0 Å². The Morgan fingerprint density at radius 3 is 2.65 bits per heavy atom. The molecule has 4 aliphatic heterocycles. The molecule has 8 atom stereocenters. The van der Waals surface area contributed by atoms with Crippen LogP contribution in [0.5, 0.6) is 0 Å². The summed E-state index contributed by atoms with van der Waals surface area (Å²) in [6, 6.07) is 0. The monoisotopic (exact) mass is 474 g/mol. The van der Waals surface area contributed by atoms with Gasteiger partial charge < -0.3 is 14.2 Å². The second-order valence-electron chi connectivity index (χ2n) is 10.8. The number of thioether (sulfide) groups is 2. The molecule has 1 spiro atoms. The van der Waals surface area contributed by atoms with E-state index >= 15 is 0 Å². The number of rotatable bonds is 5. The van der Waals surface area contributed by atoms with E-state index in [1.165, 1.54) is 18.2 Å². The van der Waals surface area contributed by atoms with Gasteiger partial charge in [0, 0.05) is 17.1 Å². The van der Waals surface area contributed by atoms with Crippen LogP contribution in [0.1, 0.15) is 73.6 Å². The van der Waals surface area contributed by atoms with E-state index in [-0.39, 0.29) is 21.8 Å². The van der Waals surface area contributed by atoms with Gasteiger partial charge in [-0.2, -0.15) is 0 Å². The Balaban J connectivity index is 1.35. The highest BCUT2D eigenvalue weighted by atomic mass is 32.2. The van der Waals surface area contributed by atoms with Gasteiger partial charge in [0.2, 0.25) is 5.79 Å². The van der Waals surface area contributed by atoms with Crippen molar-refractivity contribution in [2.75, 3.05) is 12.4 Å². The van der Waals surface area contributed by atoms with Crippen LogP contribution >= 0.6 is 23.5 Å². The largest absolute Gasteiger partial charge is 0.458 e. The normalized spacial score (nSPS) is 44.5. The summed E-state index contributed by atoms with van der Waals surface area (Å²) in [5.74, 6) is 1.81. The summed E-state index contributed by atoms with van der Waals surface area (Å²) >= 11 is 3.04. The number of carbonyl (C=O) groups excluding carboxylic acids is 1. The van der Waals surface area contributed by atoms with Crippen molar-refractivity contribution in [2.45, 2.75) is 102 Å². The van der Waals surface area contributed by atoms with Crippen LogP contribution in [0.3, 0.4) is 0 Å². The highest BCUT2D eigenvalue weighted by Crippen LogP contribution is 2.61. The second-order valence-corrected chi connectivity index (χ2v) is 13.8. The molecule has 6 nitrogen and oxygen atoms in total. The summed E-state index contributed by atoms with van der Waals surface area (Å²) in [5, 5.41) is -0.197. The molecule has 31 heavy (non-hydrogen) atoms. The van der Waals surface area contributed by atoms with Gasteiger partial charge in [-0.1, -0.05) is 34.6 Å². The fourth-order valence-corrected chi connectivity index (χ4v) is 7.59. The molecule has 2 bridgehead atoms. The number of ether oxygens (including phenoxy) is 3. The topological polar surface area (TPSA) is 63.2 Å². The molecule has 0 N–H and O–H groups in total. The van der Waals surface area contributed by atoms with E-state index in [1.54, 1.807) is 11.8 Å². The lowest BCUT2D eigenvalue weighted by atomic mass is 9.58. The second kappa shape index (κ2) is 8.99. The van der Waals surface area contributed by atoms with Gasteiger partial charge in [0.25, 0.3) is 0 Å². The summed E-state index contributed by atoms with van der Waals surface area (Å²) in [7, 11) is 0. The molecular weight excluding hydrogens is 436 g/mol. The molecule has 178 valence electrons. The van der Waals surface area contributed by atoms with E-state index in [1.807, 2.05) is 27.7 Å². The van der Waals surface area contributed by atoms with Crippen molar-refractivity contribution in [3.63, 3.8) is 0 Å². The minimum absolute atomic E-state index is 0.0425. The summed E-state index contributed by atoms with van der Waals surface area (Å²) in [5.41, 5.74) is -0.454. The fourth-order valence-electron chi connectivity index (χ4n) is 5.76. The van der Waals surface area contributed by atoms with E-state index in [2.05, 4.69) is 13.8 Å². The number of carbonyl (C=O) groups is 1. The van der Waals surface area contributed by atoms with Crippen molar-refractivity contribution in [1.29, 1.82) is 0 Å².